The maximum atomic E-state index is 11.8. The van der Waals surface area contributed by atoms with Gasteiger partial charge in [-0.2, -0.15) is 5.10 Å². The minimum Gasteiger partial charge on any atom is -0.363 e. The molecule has 3 aromatic rings. The number of hydrogen-bond acceptors (Lipinski definition) is 5. The van der Waals surface area contributed by atoms with Crippen molar-refractivity contribution in [3.8, 4) is 0 Å². The van der Waals surface area contributed by atoms with Crippen LogP contribution in [0.3, 0.4) is 0 Å². The molecule has 0 fully saturated rings. The highest BCUT2D eigenvalue weighted by atomic mass is 35.5. The number of halogens is 1. The number of anilines is 1. The highest BCUT2D eigenvalue weighted by molar-refractivity contribution is 6.32. The first-order chi connectivity index (χ1) is 12.7. The summed E-state index contributed by atoms with van der Waals surface area (Å²) in [5.41, 5.74) is 4.79. The van der Waals surface area contributed by atoms with Crippen LogP contribution in [0.5, 0.6) is 0 Å². The number of aromatic nitrogens is 5. The lowest BCUT2D eigenvalue weighted by atomic mass is 10.1. The van der Waals surface area contributed by atoms with Gasteiger partial charge in [-0.05, 0) is 18.1 Å². The Morgan fingerprint density at radius 1 is 1.35 bits per heavy atom. The number of aromatic amines is 1. The first kappa shape index (κ1) is 16.8. The van der Waals surface area contributed by atoms with Crippen LogP contribution in [-0.2, 0) is 25.9 Å². The molecule has 0 spiro atoms. The monoisotopic (exact) mass is 370 g/mol. The summed E-state index contributed by atoms with van der Waals surface area (Å²) < 4.78 is 2.14. The van der Waals surface area contributed by atoms with Crippen LogP contribution in [0.1, 0.15) is 29.6 Å². The van der Waals surface area contributed by atoms with Gasteiger partial charge >= 0.3 is 0 Å². The normalized spacial score (nSPS) is 13.7. The summed E-state index contributed by atoms with van der Waals surface area (Å²) in [6.45, 7) is 4.20. The van der Waals surface area contributed by atoms with E-state index in [1.54, 1.807) is 6.20 Å². The van der Waals surface area contributed by atoms with E-state index in [1.807, 2.05) is 18.6 Å². The molecule has 0 amide bonds. The van der Waals surface area contributed by atoms with Gasteiger partial charge in [-0.1, -0.05) is 24.6 Å². The van der Waals surface area contributed by atoms with Gasteiger partial charge in [-0.25, -0.2) is 10.1 Å². The SMILES string of the molecule is CCc1cccnc1Cn1cnc2c1CN(c1cn[nH]c(=O)c1Cl)CC2. The summed E-state index contributed by atoms with van der Waals surface area (Å²) in [4.78, 5) is 22.9. The fourth-order valence-corrected chi connectivity index (χ4v) is 3.58. The second-order valence-electron chi connectivity index (χ2n) is 6.30. The largest absolute Gasteiger partial charge is 0.363 e. The van der Waals surface area contributed by atoms with Gasteiger partial charge in [0, 0.05) is 19.2 Å². The Kier molecular flexibility index (Phi) is 4.46. The molecule has 0 bridgehead atoms. The first-order valence-corrected chi connectivity index (χ1v) is 8.99. The summed E-state index contributed by atoms with van der Waals surface area (Å²) in [5.74, 6) is 0. The van der Waals surface area contributed by atoms with E-state index in [0.717, 1.165) is 36.5 Å². The zero-order valence-electron chi connectivity index (χ0n) is 14.4. The Hall–Kier alpha value is -2.67. The molecule has 4 heterocycles. The number of H-pyrrole nitrogens is 1. The van der Waals surface area contributed by atoms with Crippen molar-refractivity contribution < 1.29 is 0 Å². The maximum Gasteiger partial charge on any atom is 0.285 e. The Labute approximate surface area is 155 Å². The van der Waals surface area contributed by atoms with Crippen LogP contribution in [0.25, 0.3) is 0 Å². The smallest absolute Gasteiger partial charge is 0.285 e. The molecule has 0 radical (unpaired) electrons. The molecule has 8 heteroatoms. The Balaban J connectivity index is 1.64. The summed E-state index contributed by atoms with van der Waals surface area (Å²) in [6.07, 6.45) is 7.05. The van der Waals surface area contributed by atoms with Crippen LogP contribution >= 0.6 is 11.6 Å². The highest BCUT2D eigenvalue weighted by Gasteiger charge is 2.24. The van der Waals surface area contributed by atoms with Crippen LogP contribution in [-0.4, -0.2) is 31.3 Å². The van der Waals surface area contributed by atoms with Crippen molar-refractivity contribution in [3.63, 3.8) is 0 Å². The molecule has 0 aromatic carbocycles. The van der Waals surface area contributed by atoms with E-state index in [2.05, 4.69) is 42.6 Å². The van der Waals surface area contributed by atoms with Crippen molar-refractivity contribution in [2.75, 3.05) is 11.4 Å². The molecule has 26 heavy (non-hydrogen) atoms. The molecule has 1 N–H and O–H groups in total. The first-order valence-electron chi connectivity index (χ1n) is 8.61. The van der Waals surface area contributed by atoms with E-state index in [-0.39, 0.29) is 10.6 Å². The number of nitrogens with one attached hydrogen (secondary N) is 1. The average molecular weight is 371 g/mol. The predicted molar refractivity (Wildman–Crippen MR) is 99.6 cm³/mol. The van der Waals surface area contributed by atoms with Crippen molar-refractivity contribution in [3.05, 3.63) is 68.9 Å². The molecule has 0 saturated carbocycles. The van der Waals surface area contributed by atoms with Crippen LogP contribution in [0.2, 0.25) is 5.02 Å². The third-order valence-electron chi connectivity index (χ3n) is 4.80. The maximum absolute atomic E-state index is 11.8. The van der Waals surface area contributed by atoms with Crippen LogP contribution < -0.4 is 10.5 Å². The van der Waals surface area contributed by atoms with Crippen LogP contribution in [0, 0.1) is 0 Å². The lowest BCUT2D eigenvalue weighted by Crippen LogP contribution is -2.33. The molecule has 0 saturated heterocycles. The number of pyridine rings is 1. The van der Waals surface area contributed by atoms with Crippen molar-refractivity contribution in [1.82, 2.24) is 24.7 Å². The van der Waals surface area contributed by atoms with Gasteiger partial charge in [-0.15, -0.1) is 0 Å². The summed E-state index contributed by atoms with van der Waals surface area (Å²) in [5, 5.41) is 6.41. The van der Waals surface area contributed by atoms with Crippen molar-refractivity contribution in [2.45, 2.75) is 32.9 Å². The zero-order valence-corrected chi connectivity index (χ0v) is 15.2. The molecule has 4 rings (SSSR count). The van der Waals surface area contributed by atoms with E-state index < -0.39 is 0 Å². The summed E-state index contributed by atoms with van der Waals surface area (Å²) in [7, 11) is 0. The molecule has 0 aliphatic carbocycles. The highest BCUT2D eigenvalue weighted by Crippen LogP contribution is 2.27. The zero-order chi connectivity index (χ0) is 18.1. The lowest BCUT2D eigenvalue weighted by molar-refractivity contribution is 0.647. The van der Waals surface area contributed by atoms with Crippen LogP contribution in [0.15, 0.2) is 35.6 Å². The minimum absolute atomic E-state index is 0.174. The topological polar surface area (TPSA) is 79.7 Å². The molecular weight excluding hydrogens is 352 g/mol. The van der Waals surface area contributed by atoms with E-state index in [0.29, 0.717) is 18.8 Å². The number of nitrogens with zero attached hydrogens (tertiary/aromatic N) is 5. The molecule has 134 valence electrons. The van der Waals surface area contributed by atoms with E-state index in [4.69, 9.17) is 11.6 Å². The molecular formula is C18H19ClN6O. The molecule has 0 atom stereocenters. The van der Waals surface area contributed by atoms with E-state index in [1.165, 1.54) is 5.56 Å². The third-order valence-corrected chi connectivity index (χ3v) is 5.16. The standard InChI is InChI=1S/C18H19ClN6O/c1-2-12-4-3-6-20-14(12)9-25-11-21-13-5-7-24(10-16(13)25)15-8-22-23-18(26)17(15)19/h3-4,6,8,11H,2,5,7,9-10H2,1H3,(H,23,26). The molecule has 0 unspecified atom stereocenters. The molecule has 7 nitrogen and oxygen atoms in total. The number of rotatable bonds is 4. The Morgan fingerprint density at radius 2 is 2.23 bits per heavy atom. The Bertz CT molecular complexity index is 995. The quantitative estimate of drug-likeness (QED) is 0.761. The number of hydrogen-bond donors (Lipinski definition) is 1. The van der Waals surface area contributed by atoms with Gasteiger partial charge in [-0.3, -0.25) is 9.78 Å². The predicted octanol–water partition coefficient (Wildman–Crippen LogP) is 2.19. The van der Waals surface area contributed by atoms with Crippen molar-refractivity contribution in [1.29, 1.82) is 0 Å². The van der Waals surface area contributed by atoms with Gasteiger partial charge in [0.2, 0.25) is 0 Å². The molecule has 1 aliphatic rings. The second-order valence-corrected chi connectivity index (χ2v) is 6.68. The summed E-state index contributed by atoms with van der Waals surface area (Å²) in [6, 6.07) is 4.08. The van der Waals surface area contributed by atoms with E-state index in [9.17, 15) is 4.79 Å². The molecule has 3 aromatic heterocycles. The van der Waals surface area contributed by atoms with Gasteiger partial charge in [0.15, 0.2) is 0 Å². The van der Waals surface area contributed by atoms with Gasteiger partial charge in [0.05, 0.1) is 48.4 Å². The lowest BCUT2D eigenvalue weighted by Gasteiger charge is -2.29. The number of fused-ring (bicyclic) bond motifs is 1. The average Bonchev–Trinajstić information content (AvgIpc) is 3.06. The summed E-state index contributed by atoms with van der Waals surface area (Å²) >= 11 is 6.18. The van der Waals surface area contributed by atoms with Gasteiger partial charge in [0.25, 0.3) is 5.56 Å². The fraction of sp³-hybridized carbons (Fsp3) is 0.333. The van der Waals surface area contributed by atoms with E-state index >= 15 is 0 Å². The van der Waals surface area contributed by atoms with Gasteiger partial charge < -0.3 is 9.47 Å². The molecule has 1 aliphatic heterocycles. The van der Waals surface area contributed by atoms with Gasteiger partial charge in [0.1, 0.15) is 5.02 Å². The second kappa shape index (κ2) is 6.92. The van der Waals surface area contributed by atoms with Crippen LogP contribution in [0.4, 0.5) is 5.69 Å². The number of imidazole rings is 1. The fourth-order valence-electron chi connectivity index (χ4n) is 3.37. The van der Waals surface area contributed by atoms with Crippen molar-refractivity contribution >= 4 is 17.3 Å². The minimum atomic E-state index is -0.371. The number of aryl methyl sites for hydroxylation is 1. The van der Waals surface area contributed by atoms with Crippen molar-refractivity contribution in [2.24, 2.45) is 0 Å². The Morgan fingerprint density at radius 3 is 3.08 bits per heavy atom. The third kappa shape index (κ3) is 2.99.